The van der Waals surface area contributed by atoms with Gasteiger partial charge in [-0.25, -0.2) is 34.1 Å². The van der Waals surface area contributed by atoms with Gasteiger partial charge in [-0.05, 0) is 272 Å². The molecule has 0 saturated carbocycles. The van der Waals surface area contributed by atoms with E-state index in [9.17, 15) is 73.1 Å². The number of aryl methyl sites for hydroxylation is 3. The number of nitrogen functional groups attached to an aromatic ring is 3. The first-order chi connectivity index (χ1) is 58.7. The molecular weight excluding hydrogens is 1670 g/mol. The third-order valence-corrected chi connectivity index (χ3v) is 18.6. The second-order valence-corrected chi connectivity index (χ2v) is 31.0. The van der Waals surface area contributed by atoms with Gasteiger partial charge in [-0.1, -0.05) is 18.2 Å². The quantitative estimate of drug-likeness (QED) is 0.0156. The van der Waals surface area contributed by atoms with Crippen LogP contribution in [0.1, 0.15) is 141 Å². The number of aliphatic carboxylic acids is 1. The summed E-state index contributed by atoms with van der Waals surface area (Å²) in [7, 11) is 0. The van der Waals surface area contributed by atoms with Crippen LogP contribution >= 0.6 is 11.6 Å². The van der Waals surface area contributed by atoms with Gasteiger partial charge < -0.3 is 82.5 Å². The average molecular weight is 1770 g/mol. The Hall–Kier alpha value is -13.1. The Morgan fingerprint density at radius 2 is 0.800 bits per heavy atom. The molecule has 3 atom stereocenters. The number of nitrogens with zero attached hydrogens (tertiary/aromatic N) is 3. The summed E-state index contributed by atoms with van der Waals surface area (Å²) in [5, 5.41) is 21.8. The van der Waals surface area contributed by atoms with Crippen LogP contribution in [0.3, 0.4) is 0 Å². The van der Waals surface area contributed by atoms with Crippen molar-refractivity contribution in [3.63, 3.8) is 0 Å². The van der Waals surface area contributed by atoms with E-state index in [1.807, 2.05) is 54.6 Å². The number of halogens is 10. The number of pyridine rings is 3. The molecule has 27 nitrogen and oxygen atoms in total. The molecule has 3 aromatic heterocycles. The zero-order chi connectivity index (χ0) is 91.7. The van der Waals surface area contributed by atoms with Gasteiger partial charge >= 0.3 is 48.2 Å². The van der Waals surface area contributed by atoms with Crippen LogP contribution in [-0.2, 0) is 110 Å². The fourth-order valence-electron chi connectivity index (χ4n) is 12.9. The second-order valence-electron chi connectivity index (χ2n) is 30.7. The second kappa shape index (κ2) is 43.8. The minimum absolute atomic E-state index is 0.000953. The number of carboxylic acids is 1. The number of carbonyl (C=O) groups is 7. The molecule has 12 rings (SSSR count). The van der Waals surface area contributed by atoms with E-state index in [2.05, 4.69) is 46.3 Å². The van der Waals surface area contributed by atoms with E-state index in [1.165, 1.54) is 36.2 Å². The first-order valence-corrected chi connectivity index (χ1v) is 39.5. The number of carbonyl (C=O) groups excluding carboxylic acids is 6. The van der Waals surface area contributed by atoms with Gasteiger partial charge in [0.15, 0.2) is 0 Å². The van der Waals surface area contributed by atoms with Gasteiger partial charge in [0.1, 0.15) is 63.2 Å². The molecule has 3 heterocycles. The van der Waals surface area contributed by atoms with Gasteiger partial charge in [0.05, 0.1) is 35.8 Å². The Balaban J connectivity index is 0.000000210. The van der Waals surface area contributed by atoms with Crippen molar-refractivity contribution >= 4 is 87.6 Å². The molecule has 6 aromatic carbocycles. The highest BCUT2D eigenvalue weighted by atomic mass is 35.5. The normalized spacial score (nSPS) is 14.5. The SMILES string of the molecule is CC(C)(C)OC(=O)NCc1cc(N)cc(C(F)(F)F)c1.CC(C)(C)OC(=O)NCc1cc(NC(=O)C2CCc3ccc(Oc4ccnc(N)c4)cc3C2)cc(C(F)(F)F)c1.CCOC(=O)Cl.CCOC(=O)Nc1cc(Oc2ccc3c(c2)CC(C(=O)Nc2cc(CN)cc(C(F)(F)F)c2)CC3)ccn1.Nc1cc(Oc2ccc3c(c2)CC(C(=O)O)CC3)ccn1. The van der Waals surface area contributed by atoms with Crippen molar-refractivity contribution in [1.29, 1.82) is 0 Å². The van der Waals surface area contributed by atoms with Crippen LogP contribution in [0.25, 0.3) is 0 Å². The Kier molecular flexibility index (Phi) is 34.1. The fourth-order valence-corrected chi connectivity index (χ4v) is 13.0. The van der Waals surface area contributed by atoms with Gasteiger partial charge in [0.2, 0.25) is 11.8 Å². The number of hydrogen-bond acceptors (Lipinski definition) is 21. The zero-order valence-electron chi connectivity index (χ0n) is 69.3. The number of alkyl carbamates (subject to hydrolysis) is 2. The van der Waals surface area contributed by atoms with Crippen LogP contribution < -0.4 is 63.7 Å². The maximum Gasteiger partial charge on any atom is 0.416 e. The van der Waals surface area contributed by atoms with Crippen molar-refractivity contribution in [2.75, 3.05) is 46.4 Å². The maximum atomic E-state index is 13.6. The highest BCUT2D eigenvalue weighted by Gasteiger charge is 2.36. The van der Waals surface area contributed by atoms with E-state index in [1.54, 1.807) is 98.0 Å². The topological polar surface area (TPSA) is 407 Å². The van der Waals surface area contributed by atoms with E-state index in [-0.39, 0.29) is 83.5 Å². The molecule has 14 N–H and O–H groups in total. The summed E-state index contributed by atoms with van der Waals surface area (Å²) in [6.45, 7) is 13.7. The summed E-state index contributed by atoms with van der Waals surface area (Å²) in [5.41, 5.74) is 24.5. The number of amides is 5. The lowest BCUT2D eigenvalue weighted by molar-refractivity contribution is -0.142. The molecule has 3 unspecified atom stereocenters. The molecule has 3 aliphatic rings. The number of nitrogens with two attached hydrogens (primary N) is 4. The van der Waals surface area contributed by atoms with Gasteiger partial charge in [-0.3, -0.25) is 19.7 Å². The molecule has 668 valence electrons. The van der Waals surface area contributed by atoms with Gasteiger partial charge in [0.25, 0.3) is 0 Å². The highest BCUT2D eigenvalue weighted by Crippen LogP contribution is 2.39. The fraction of sp³-hybridized carbons (Fsp3) is 0.341. The van der Waals surface area contributed by atoms with Gasteiger partial charge in [-0.2, -0.15) is 39.5 Å². The Morgan fingerprint density at radius 1 is 0.432 bits per heavy atom. The number of rotatable bonds is 19. The number of hydrogen-bond donors (Lipinski definition) is 10. The molecule has 0 fully saturated rings. The molecule has 0 bridgehead atoms. The minimum atomic E-state index is -4.64. The molecule has 3 aliphatic carbocycles. The first kappa shape index (κ1) is 97.3. The number of carboxylic acid groups (broad SMARTS) is 1. The van der Waals surface area contributed by atoms with Crippen molar-refractivity contribution < 1.29 is 111 Å². The Bertz CT molecular complexity index is 5280. The summed E-state index contributed by atoms with van der Waals surface area (Å²) < 4.78 is 155. The smallest absolute Gasteiger partial charge is 0.416 e. The van der Waals surface area contributed by atoms with Gasteiger partial charge in [0, 0.05) is 96.9 Å². The van der Waals surface area contributed by atoms with Crippen LogP contribution in [0.2, 0.25) is 0 Å². The molecular formula is C88H96ClF9N12O15. The third-order valence-electron chi connectivity index (χ3n) is 18.4. The van der Waals surface area contributed by atoms with Crippen molar-refractivity contribution in [2.45, 2.75) is 163 Å². The number of benzene rings is 6. The highest BCUT2D eigenvalue weighted by molar-refractivity contribution is 6.61. The summed E-state index contributed by atoms with van der Waals surface area (Å²) in [6.07, 6.45) is -5.86. The lowest BCUT2D eigenvalue weighted by Crippen LogP contribution is -2.32. The number of fused-ring (bicyclic) bond motifs is 3. The first-order valence-electron chi connectivity index (χ1n) is 39.2. The number of aromatic nitrogens is 3. The molecule has 125 heavy (non-hydrogen) atoms. The summed E-state index contributed by atoms with van der Waals surface area (Å²) >= 11 is 4.72. The predicted octanol–water partition coefficient (Wildman–Crippen LogP) is 19.2. The van der Waals surface area contributed by atoms with Gasteiger partial charge in [-0.15, -0.1) is 0 Å². The number of nitrogens with one attached hydrogen (secondary N) is 5. The molecule has 0 radical (unpaired) electrons. The van der Waals surface area contributed by atoms with E-state index in [0.29, 0.717) is 104 Å². The third kappa shape index (κ3) is 32.6. The molecule has 37 heteroatoms. The van der Waals surface area contributed by atoms with E-state index < -0.39 is 87.9 Å². The molecule has 0 saturated heterocycles. The van der Waals surface area contributed by atoms with E-state index in [4.69, 9.17) is 68.1 Å². The summed E-state index contributed by atoms with van der Waals surface area (Å²) in [5.74, 6) is 1.73. The molecule has 0 spiro atoms. The summed E-state index contributed by atoms with van der Waals surface area (Å²) in [6, 6.07) is 36.6. The van der Waals surface area contributed by atoms with Crippen LogP contribution in [0.15, 0.2) is 164 Å². The van der Waals surface area contributed by atoms with Crippen molar-refractivity contribution in [3.05, 3.63) is 231 Å². The largest absolute Gasteiger partial charge is 0.481 e. The number of ether oxygens (including phenoxy) is 7. The molecule has 0 aliphatic heterocycles. The van der Waals surface area contributed by atoms with Crippen LogP contribution in [-0.4, -0.2) is 86.0 Å². The lowest BCUT2D eigenvalue weighted by atomic mass is 9.83. The van der Waals surface area contributed by atoms with Crippen LogP contribution in [0, 0.1) is 17.8 Å². The van der Waals surface area contributed by atoms with Crippen molar-refractivity contribution in [2.24, 2.45) is 23.5 Å². The molecule has 5 amide bonds. The lowest BCUT2D eigenvalue weighted by Gasteiger charge is -2.25. The number of anilines is 6. The Labute approximate surface area is 719 Å². The maximum absolute atomic E-state index is 13.6. The van der Waals surface area contributed by atoms with Crippen LogP contribution in [0.4, 0.5) is 93.2 Å². The predicted molar refractivity (Wildman–Crippen MR) is 449 cm³/mol. The number of alkyl halides is 9. The Morgan fingerprint density at radius 3 is 1.18 bits per heavy atom. The monoisotopic (exact) mass is 1770 g/mol. The van der Waals surface area contributed by atoms with Crippen molar-refractivity contribution in [1.82, 2.24) is 25.6 Å². The van der Waals surface area contributed by atoms with Crippen molar-refractivity contribution in [3.8, 4) is 34.5 Å². The minimum Gasteiger partial charge on any atom is -0.481 e. The average Bonchev–Trinajstić information content (AvgIpc) is 0.830. The summed E-state index contributed by atoms with van der Waals surface area (Å²) in [4.78, 5) is 93.8. The van der Waals surface area contributed by atoms with E-state index >= 15 is 0 Å². The standard InChI is InChI=1S/C29H31F3N4O4.C27H27F3N4O4.C16H16N2O3.C13H17F3N2O2.C3H5ClO2/c1-28(2,3)40-27(38)35-16-17-10-21(29(30,31)32)14-22(11-17)36-26(37)19-5-4-18-6-7-23(13-20(18)12-19)39-24-8-9-34-25(33)15-24;1-2-37-26(36)34-24-14-23(7-8-32-24)38-22-6-5-17-3-4-18(11-19(17)12-22)25(35)33-21-10-16(15-31)9-20(13-21)27(28,29)30;17-15-9-14(5-6-18-15)21-13-4-3-10-1-2-11(16(19)20)7-12(10)8-13;1-12(2,3)20-11(19)18-7-8-4-9(13(14,15)16)6-10(17)5-8;1-2-6-3(4)5/h6-11,13-15,19H,4-5,12,16H2,1-3H3,(H2,33,34)(H,35,38)(H,36,37);5-10,12-14,18H,2-4,11,15,31H2,1H3,(H,33,35)(H,32,34,36);3-6,8-9,11H,1-2,7H2,(H2,17,18)(H,19,20);4-6H,7,17H2,1-3H3,(H,18,19);2H2,1H3. The van der Waals surface area contributed by atoms with E-state index in [0.717, 1.165) is 70.6 Å². The molecule has 9 aromatic rings. The zero-order valence-corrected chi connectivity index (χ0v) is 70.1. The van der Waals surface area contributed by atoms with Crippen LogP contribution in [0.5, 0.6) is 34.5 Å².